The number of carbonyl (C=O) groups is 2. The van der Waals surface area contributed by atoms with Crippen LogP contribution in [-0.2, 0) is 19.6 Å². The highest BCUT2D eigenvalue weighted by Gasteiger charge is 2.39. The van der Waals surface area contributed by atoms with Gasteiger partial charge in [-0.1, -0.05) is 48.0 Å². The second-order valence-corrected chi connectivity index (χ2v) is 11.3. The molecule has 0 saturated carbocycles. The zero-order valence-corrected chi connectivity index (χ0v) is 22.5. The zero-order chi connectivity index (χ0) is 26.7. The van der Waals surface area contributed by atoms with Crippen molar-refractivity contribution in [2.45, 2.75) is 37.8 Å². The SMILES string of the molecule is CCOC(=O)C1=C(CN2CCN(S(=O)(=O)c3ccccc3)C(C)C2)N(C)C(=O)NC1c1ccc(C)cc1. The van der Waals surface area contributed by atoms with Crippen LogP contribution in [0.4, 0.5) is 4.79 Å². The maximum Gasteiger partial charge on any atom is 0.338 e. The molecule has 2 unspecified atom stereocenters. The molecule has 2 atom stereocenters. The van der Waals surface area contributed by atoms with Crippen molar-refractivity contribution >= 4 is 22.0 Å². The molecule has 0 bridgehead atoms. The van der Waals surface area contributed by atoms with E-state index in [1.807, 2.05) is 38.1 Å². The molecule has 2 aromatic carbocycles. The maximum atomic E-state index is 13.2. The number of esters is 1. The number of nitrogens with zero attached hydrogens (tertiary/aromatic N) is 3. The number of piperazine rings is 1. The van der Waals surface area contributed by atoms with Crippen LogP contribution in [0.3, 0.4) is 0 Å². The highest BCUT2D eigenvalue weighted by atomic mass is 32.2. The van der Waals surface area contributed by atoms with Gasteiger partial charge in [-0.05, 0) is 38.5 Å². The summed E-state index contributed by atoms with van der Waals surface area (Å²) in [4.78, 5) is 29.9. The molecule has 2 aliphatic rings. The van der Waals surface area contributed by atoms with Gasteiger partial charge >= 0.3 is 12.0 Å². The zero-order valence-electron chi connectivity index (χ0n) is 21.7. The lowest BCUT2D eigenvalue weighted by molar-refractivity contribution is -0.139. The molecule has 2 aliphatic heterocycles. The predicted molar refractivity (Wildman–Crippen MR) is 140 cm³/mol. The van der Waals surface area contributed by atoms with E-state index in [9.17, 15) is 18.0 Å². The van der Waals surface area contributed by atoms with Crippen molar-refractivity contribution in [2.24, 2.45) is 0 Å². The minimum absolute atomic E-state index is 0.209. The Morgan fingerprint density at radius 2 is 1.76 bits per heavy atom. The minimum Gasteiger partial charge on any atom is -0.463 e. The van der Waals surface area contributed by atoms with Gasteiger partial charge in [-0.25, -0.2) is 18.0 Å². The molecule has 1 N–H and O–H groups in total. The smallest absolute Gasteiger partial charge is 0.338 e. The van der Waals surface area contributed by atoms with Gasteiger partial charge < -0.3 is 10.1 Å². The summed E-state index contributed by atoms with van der Waals surface area (Å²) < 4.78 is 33.3. The number of aryl methyl sites for hydroxylation is 1. The van der Waals surface area contributed by atoms with Crippen LogP contribution in [0, 0.1) is 6.92 Å². The molecule has 1 fully saturated rings. The lowest BCUT2D eigenvalue weighted by Gasteiger charge is -2.41. The molecule has 2 amide bonds. The Bertz CT molecular complexity index is 1280. The lowest BCUT2D eigenvalue weighted by atomic mass is 9.93. The molecule has 37 heavy (non-hydrogen) atoms. The third-order valence-electron chi connectivity index (χ3n) is 6.86. The molecule has 10 heteroatoms. The minimum atomic E-state index is -3.62. The molecule has 0 aromatic heterocycles. The van der Waals surface area contributed by atoms with Crippen LogP contribution < -0.4 is 5.32 Å². The standard InChI is InChI=1S/C27H34N4O5S/c1-5-36-26(32)24-23(29(4)27(33)28-25(24)21-13-11-19(2)12-14-21)18-30-15-16-31(20(3)17-30)37(34,35)22-9-7-6-8-10-22/h6-14,20,25H,5,15-18H2,1-4H3,(H,28,33). The summed E-state index contributed by atoms with van der Waals surface area (Å²) in [5.74, 6) is -0.478. The van der Waals surface area contributed by atoms with Crippen LogP contribution in [0.1, 0.15) is 31.0 Å². The number of sulfonamides is 1. The van der Waals surface area contributed by atoms with Crippen molar-refractivity contribution in [1.29, 1.82) is 0 Å². The number of carbonyl (C=O) groups excluding carboxylic acids is 2. The summed E-state index contributed by atoms with van der Waals surface area (Å²) in [6, 6.07) is 14.9. The van der Waals surface area contributed by atoms with Crippen LogP contribution in [0.25, 0.3) is 0 Å². The molecule has 0 radical (unpaired) electrons. The summed E-state index contributed by atoms with van der Waals surface area (Å²) >= 11 is 0. The first kappa shape index (κ1) is 26.8. The van der Waals surface area contributed by atoms with Crippen LogP contribution in [-0.4, -0.2) is 80.4 Å². The van der Waals surface area contributed by atoms with E-state index >= 15 is 0 Å². The Morgan fingerprint density at radius 1 is 1.08 bits per heavy atom. The highest BCUT2D eigenvalue weighted by molar-refractivity contribution is 7.89. The molecular weight excluding hydrogens is 492 g/mol. The third-order valence-corrected chi connectivity index (χ3v) is 8.88. The van der Waals surface area contributed by atoms with Crippen molar-refractivity contribution in [1.82, 2.24) is 19.4 Å². The molecule has 198 valence electrons. The largest absolute Gasteiger partial charge is 0.463 e. The Balaban J connectivity index is 1.62. The van der Waals surface area contributed by atoms with E-state index < -0.39 is 22.0 Å². The molecule has 0 spiro atoms. The van der Waals surface area contributed by atoms with Gasteiger partial charge in [0.15, 0.2) is 0 Å². The number of benzene rings is 2. The average Bonchev–Trinajstić information content (AvgIpc) is 2.87. The Hall–Kier alpha value is -3.21. The monoisotopic (exact) mass is 526 g/mol. The molecule has 0 aliphatic carbocycles. The van der Waals surface area contributed by atoms with Gasteiger partial charge in [0.25, 0.3) is 0 Å². The summed E-state index contributed by atoms with van der Waals surface area (Å²) in [5, 5.41) is 2.93. The fraction of sp³-hybridized carbons (Fsp3) is 0.407. The van der Waals surface area contributed by atoms with Gasteiger partial charge in [-0.2, -0.15) is 4.31 Å². The van der Waals surface area contributed by atoms with Gasteiger partial charge in [-0.15, -0.1) is 0 Å². The summed E-state index contributed by atoms with van der Waals surface area (Å²) in [5.41, 5.74) is 2.81. The van der Waals surface area contributed by atoms with E-state index in [2.05, 4.69) is 10.2 Å². The van der Waals surface area contributed by atoms with Crippen molar-refractivity contribution in [3.05, 3.63) is 77.0 Å². The Kier molecular flexibility index (Phi) is 8.01. The van der Waals surface area contributed by atoms with Crippen LogP contribution in [0.15, 0.2) is 70.8 Å². The van der Waals surface area contributed by atoms with Gasteiger partial charge in [-0.3, -0.25) is 9.80 Å². The molecule has 1 saturated heterocycles. The number of hydrogen-bond acceptors (Lipinski definition) is 6. The van der Waals surface area contributed by atoms with Gasteiger partial charge in [0.2, 0.25) is 10.0 Å². The fourth-order valence-corrected chi connectivity index (χ4v) is 6.50. The first-order valence-corrected chi connectivity index (χ1v) is 13.9. The maximum absolute atomic E-state index is 13.2. The number of nitrogens with one attached hydrogen (secondary N) is 1. The molecule has 2 aromatic rings. The van der Waals surface area contributed by atoms with Gasteiger partial charge in [0.1, 0.15) is 0 Å². The lowest BCUT2D eigenvalue weighted by Crippen LogP contribution is -2.56. The van der Waals surface area contributed by atoms with Crippen LogP contribution >= 0.6 is 0 Å². The number of urea groups is 1. The summed E-state index contributed by atoms with van der Waals surface area (Å²) in [7, 11) is -1.99. The number of amides is 2. The second-order valence-electron chi connectivity index (χ2n) is 9.45. The van der Waals surface area contributed by atoms with E-state index in [1.165, 1.54) is 9.21 Å². The average molecular weight is 527 g/mol. The topological polar surface area (TPSA) is 99.3 Å². The fourth-order valence-electron chi connectivity index (χ4n) is 4.86. The highest BCUT2D eigenvalue weighted by Crippen LogP contribution is 2.32. The number of ether oxygens (including phenoxy) is 1. The number of hydrogen-bond donors (Lipinski definition) is 1. The first-order chi connectivity index (χ1) is 17.6. The van der Waals surface area contributed by atoms with Crippen LogP contribution in [0.5, 0.6) is 0 Å². The molecule has 9 nitrogen and oxygen atoms in total. The second kappa shape index (κ2) is 11.0. The van der Waals surface area contributed by atoms with E-state index in [0.717, 1.165) is 11.1 Å². The summed E-state index contributed by atoms with van der Waals surface area (Å²) in [6.07, 6.45) is 0. The summed E-state index contributed by atoms with van der Waals surface area (Å²) in [6.45, 7) is 7.33. The quantitative estimate of drug-likeness (QED) is 0.557. The van der Waals surface area contributed by atoms with Crippen molar-refractivity contribution < 1.29 is 22.7 Å². The van der Waals surface area contributed by atoms with Crippen molar-refractivity contribution in [2.75, 3.05) is 39.8 Å². The Morgan fingerprint density at radius 3 is 2.38 bits per heavy atom. The van der Waals surface area contributed by atoms with Crippen LogP contribution in [0.2, 0.25) is 0 Å². The van der Waals surface area contributed by atoms with E-state index in [4.69, 9.17) is 4.74 Å². The first-order valence-electron chi connectivity index (χ1n) is 12.4. The Labute approximate surface area is 218 Å². The normalized spacial score (nSPS) is 21.6. The van der Waals surface area contributed by atoms with E-state index in [-0.39, 0.29) is 23.6 Å². The van der Waals surface area contributed by atoms with Gasteiger partial charge in [0, 0.05) is 45.0 Å². The van der Waals surface area contributed by atoms with Crippen molar-refractivity contribution in [3.63, 3.8) is 0 Å². The molecule has 4 rings (SSSR count). The van der Waals surface area contributed by atoms with E-state index in [1.54, 1.807) is 44.3 Å². The third kappa shape index (κ3) is 5.56. The molecular formula is C27H34N4O5S. The predicted octanol–water partition coefficient (Wildman–Crippen LogP) is 2.90. The van der Waals surface area contributed by atoms with Crippen molar-refractivity contribution in [3.8, 4) is 0 Å². The van der Waals surface area contributed by atoms with Gasteiger partial charge in [0.05, 0.1) is 23.1 Å². The number of rotatable bonds is 7. The van der Waals surface area contributed by atoms with E-state index in [0.29, 0.717) is 37.4 Å². The number of likely N-dealkylation sites (N-methyl/N-ethyl adjacent to an activating group) is 1. The molecule has 2 heterocycles.